The van der Waals surface area contributed by atoms with Crippen molar-refractivity contribution in [1.29, 1.82) is 0 Å². The first kappa shape index (κ1) is 12.2. The molecule has 2 rings (SSSR count). The maximum atomic E-state index is 14.3. The third-order valence-electron chi connectivity index (χ3n) is 3.32. The van der Waals surface area contributed by atoms with Gasteiger partial charge in [-0.15, -0.1) is 0 Å². The average Bonchev–Trinajstić information content (AvgIpc) is 2.39. The molecule has 0 aromatic heterocycles. The minimum absolute atomic E-state index is 0.0820. The Labute approximate surface area is 101 Å². The van der Waals surface area contributed by atoms with Crippen LogP contribution < -0.4 is 15.4 Å². The predicted octanol–water partition coefficient (Wildman–Crippen LogP) is 1.96. The largest absolute Gasteiger partial charge is 0.495 e. The second kappa shape index (κ2) is 4.92. The number of halogens is 1. The zero-order chi connectivity index (χ0) is 12.3. The topological polar surface area (TPSA) is 38.5 Å². The molecule has 94 valence electrons. The summed E-state index contributed by atoms with van der Waals surface area (Å²) in [5.74, 6) is 0.786. The molecule has 1 aromatic rings. The first-order valence-corrected chi connectivity index (χ1v) is 5.95. The lowest BCUT2D eigenvalue weighted by atomic mass is 9.94. The van der Waals surface area contributed by atoms with E-state index in [2.05, 4.69) is 0 Å². The minimum Gasteiger partial charge on any atom is -0.495 e. The molecule has 0 aliphatic carbocycles. The standard InChI is InChI=1S/C13H19FN2O/c1-17-12-6-3-2-5-11(12)16-8-4-7-13(14,9-15)10-16/h2-3,5-6H,4,7-10,15H2,1H3. The van der Waals surface area contributed by atoms with Crippen LogP contribution in [0.2, 0.25) is 0 Å². The summed E-state index contributed by atoms with van der Waals surface area (Å²) in [7, 11) is 1.63. The van der Waals surface area contributed by atoms with Gasteiger partial charge in [0.25, 0.3) is 0 Å². The second-order valence-corrected chi connectivity index (χ2v) is 4.55. The molecule has 3 nitrogen and oxygen atoms in total. The van der Waals surface area contributed by atoms with E-state index in [0.29, 0.717) is 13.0 Å². The predicted molar refractivity (Wildman–Crippen MR) is 67.3 cm³/mol. The number of nitrogens with zero attached hydrogens (tertiary/aromatic N) is 1. The zero-order valence-electron chi connectivity index (χ0n) is 10.2. The Morgan fingerprint density at radius 1 is 1.47 bits per heavy atom. The summed E-state index contributed by atoms with van der Waals surface area (Å²) in [5, 5.41) is 0. The molecule has 0 bridgehead atoms. The Kier molecular flexibility index (Phi) is 3.52. The van der Waals surface area contributed by atoms with Gasteiger partial charge in [0.1, 0.15) is 11.4 Å². The summed E-state index contributed by atoms with van der Waals surface area (Å²) < 4.78 is 19.6. The van der Waals surface area contributed by atoms with Crippen LogP contribution in [0, 0.1) is 0 Å². The number of nitrogens with two attached hydrogens (primary N) is 1. The molecule has 1 heterocycles. The van der Waals surface area contributed by atoms with E-state index in [-0.39, 0.29) is 6.54 Å². The van der Waals surface area contributed by atoms with E-state index in [4.69, 9.17) is 10.5 Å². The average molecular weight is 238 g/mol. The van der Waals surface area contributed by atoms with Crippen LogP contribution >= 0.6 is 0 Å². The fourth-order valence-corrected chi connectivity index (χ4v) is 2.35. The van der Waals surface area contributed by atoms with Crippen molar-refractivity contribution in [2.75, 3.05) is 31.6 Å². The second-order valence-electron chi connectivity index (χ2n) is 4.55. The fraction of sp³-hybridized carbons (Fsp3) is 0.538. The SMILES string of the molecule is COc1ccccc1N1CCCC(F)(CN)C1. The van der Waals surface area contributed by atoms with Crippen molar-refractivity contribution >= 4 is 5.69 Å². The Hall–Kier alpha value is -1.29. The maximum Gasteiger partial charge on any atom is 0.142 e. The fourth-order valence-electron chi connectivity index (χ4n) is 2.35. The number of anilines is 1. The molecule has 1 aliphatic rings. The number of hydrogen-bond donors (Lipinski definition) is 1. The highest BCUT2D eigenvalue weighted by molar-refractivity contribution is 5.59. The summed E-state index contributed by atoms with van der Waals surface area (Å²) in [6.07, 6.45) is 1.38. The van der Waals surface area contributed by atoms with E-state index >= 15 is 0 Å². The Morgan fingerprint density at radius 2 is 2.24 bits per heavy atom. The summed E-state index contributed by atoms with van der Waals surface area (Å²) >= 11 is 0. The van der Waals surface area contributed by atoms with Gasteiger partial charge >= 0.3 is 0 Å². The molecule has 0 spiro atoms. The number of piperidine rings is 1. The Bertz CT molecular complexity index is 385. The summed E-state index contributed by atoms with van der Waals surface area (Å²) in [6.45, 7) is 1.29. The van der Waals surface area contributed by atoms with E-state index in [9.17, 15) is 4.39 Å². The number of hydrogen-bond acceptors (Lipinski definition) is 3. The first-order chi connectivity index (χ1) is 8.18. The van der Waals surface area contributed by atoms with Crippen molar-refractivity contribution in [3.05, 3.63) is 24.3 Å². The molecule has 1 atom stereocenters. The number of ether oxygens (including phenoxy) is 1. The van der Waals surface area contributed by atoms with Crippen molar-refractivity contribution in [1.82, 2.24) is 0 Å². The molecule has 0 amide bonds. The first-order valence-electron chi connectivity index (χ1n) is 5.95. The lowest BCUT2D eigenvalue weighted by Gasteiger charge is -2.38. The highest BCUT2D eigenvalue weighted by Gasteiger charge is 2.34. The van der Waals surface area contributed by atoms with Crippen LogP contribution in [0.3, 0.4) is 0 Å². The van der Waals surface area contributed by atoms with E-state index in [0.717, 1.165) is 24.4 Å². The van der Waals surface area contributed by atoms with E-state index in [1.807, 2.05) is 29.2 Å². The van der Waals surface area contributed by atoms with Gasteiger partial charge in [-0.05, 0) is 25.0 Å². The van der Waals surface area contributed by atoms with E-state index in [1.165, 1.54) is 0 Å². The monoisotopic (exact) mass is 238 g/mol. The molecule has 17 heavy (non-hydrogen) atoms. The lowest BCUT2D eigenvalue weighted by molar-refractivity contribution is 0.146. The van der Waals surface area contributed by atoms with Gasteiger partial charge in [-0.2, -0.15) is 0 Å². The van der Waals surface area contributed by atoms with Crippen molar-refractivity contribution in [3.8, 4) is 5.75 Å². The van der Waals surface area contributed by atoms with Crippen molar-refractivity contribution in [2.45, 2.75) is 18.5 Å². The third-order valence-corrected chi connectivity index (χ3v) is 3.32. The van der Waals surface area contributed by atoms with Gasteiger partial charge in [-0.1, -0.05) is 12.1 Å². The Balaban J connectivity index is 2.22. The molecule has 0 saturated carbocycles. The summed E-state index contributed by atoms with van der Waals surface area (Å²) in [5.41, 5.74) is 5.20. The van der Waals surface area contributed by atoms with Gasteiger partial charge in [0.05, 0.1) is 19.3 Å². The number of alkyl halides is 1. The maximum absolute atomic E-state index is 14.3. The zero-order valence-corrected chi connectivity index (χ0v) is 10.2. The molecule has 1 aliphatic heterocycles. The molecule has 1 unspecified atom stereocenters. The smallest absolute Gasteiger partial charge is 0.142 e. The van der Waals surface area contributed by atoms with Gasteiger partial charge in [0.15, 0.2) is 0 Å². The van der Waals surface area contributed by atoms with Crippen LogP contribution in [-0.2, 0) is 0 Å². The van der Waals surface area contributed by atoms with E-state index < -0.39 is 5.67 Å². The third kappa shape index (κ3) is 2.52. The molecule has 1 fully saturated rings. The van der Waals surface area contributed by atoms with E-state index in [1.54, 1.807) is 7.11 Å². The molecule has 1 saturated heterocycles. The van der Waals surface area contributed by atoms with Crippen LogP contribution in [0.15, 0.2) is 24.3 Å². The number of benzene rings is 1. The highest BCUT2D eigenvalue weighted by atomic mass is 19.1. The summed E-state index contributed by atoms with van der Waals surface area (Å²) in [6, 6.07) is 7.71. The molecule has 0 radical (unpaired) electrons. The minimum atomic E-state index is -1.26. The van der Waals surface area contributed by atoms with Gasteiger partial charge < -0.3 is 15.4 Å². The van der Waals surface area contributed by atoms with Gasteiger partial charge in [-0.3, -0.25) is 0 Å². The van der Waals surface area contributed by atoms with Crippen LogP contribution in [0.1, 0.15) is 12.8 Å². The number of methoxy groups -OCH3 is 1. The van der Waals surface area contributed by atoms with Gasteiger partial charge in [0, 0.05) is 13.1 Å². The number of rotatable bonds is 3. The van der Waals surface area contributed by atoms with Gasteiger partial charge in [0.2, 0.25) is 0 Å². The van der Waals surface area contributed by atoms with Crippen LogP contribution in [0.4, 0.5) is 10.1 Å². The molecular formula is C13H19FN2O. The van der Waals surface area contributed by atoms with Crippen LogP contribution in [-0.4, -0.2) is 32.4 Å². The highest BCUT2D eigenvalue weighted by Crippen LogP contribution is 2.33. The molecule has 4 heteroatoms. The quantitative estimate of drug-likeness (QED) is 0.875. The van der Waals surface area contributed by atoms with Crippen molar-refractivity contribution in [3.63, 3.8) is 0 Å². The van der Waals surface area contributed by atoms with Crippen LogP contribution in [0.25, 0.3) is 0 Å². The number of para-hydroxylation sites is 2. The Morgan fingerprint density at radius 3 is 2.94 bits per heavy atom. The lowest BCUT2D eigenvalue weighted by Crippen LogP contribution is -2.49. The van der Waals surface area contributed by atoms with Crippen molar-refractivity contribution < 1.29 is 9.13 Å². The molecule has 1 aromatic carbocycles. The molecule has 2 N–H and O–H groups in total. The normalized spacial score (nSPS) is 24.8. The van der Waals surface area contributed by atoms with Crippen molar-refractivity contribution in [2.24, 2.45) is 5.73 Å². The molecular weight excluding hydrogens is 219 g/mol. The van der Waals surface area contributed by atoms with Crippen LogP contribution in [0.5, 0.6) is 5.75 Å². The van der Waals surface area contributed by atoms with Gasteiger partial charge in [-0.25, -0.2) is 4.39 Å². The summed E-state index contributed by atoms with van der Waals surface area (Å²) in [4.78, 5) is 2.02.